The number of amides is 2. The number of pyridine rings is 1. The monoisotopic (exact) mass is 373 g/mol. The van der Waals surface area contributed by atoms with Crippen LogP contribution >= 0.6 is 0 Å². The maximum Gasteiger partial charge on any atom is 0.419 e. The molecule has 0 unspecified atom stereocenters. The molecule has 2 heterocycles. The van der Waals surface area contributed by atoms with Crippen molar-refractivity contribution in [1.29, 1.82) is 0 Å². The van der Waals surface area contributed by atoms with Gasteiger partial charge in [0.1, 0.15) is 25.3 Å². The van der Waals surface area contributed by atoms with Gasteiger partial charge in [-0.1, -0.05) is 13.8 Å². The smallest absolute Gasteiger partial charge is 0.344 e. The number of alkyl halides is 3. The second-order valence-electron chi connectivity index (χ2n) is 6.69. The fourth-order valence-electron chi connectivity index (χ4n) is 2.89. The quantitative estimate of drug-likeness (QED) is 0.866. The third-order valence-corrected chi connectivity index (χ3v) is 4.35. The lowest BCUT2D eigenvalue weighted by Crippen LogP contribution is -2.56. The summed E-state index contributed by atoms with van der Waals surface area (Å²) >= 11 is 0. The van der Waals surface area contributed by atoms with Gasteiger partial charge in [-0.25, -0.2) is 4.98 Å². The molecule has 1 atom stereocenters. The van der Waals surface area contributed by atoms with Gasteiger partial charge in [0.2, 0.25) is 11.8 Å². The molecule has 0 aliphatic carbocycles. The van der Waals surface area contributed by atoms with Crippen molar-refractivity contribution < 1.29 is 27.7 Å². The minimum absolute atomic E-state index is 0.0346. The second kappa shape index (κ2) is 7.92. The van der Waals surface area contributed by atoms with Crippen LogP contribution in [0.3, 0.4) is 0 Å². The van der Waals surface area contributed by atoms with Crippen molar-refractivity contribution in [1.82, 2.24) is 10.2 Å². The third-order valence-electron chi connectivity index (χ3n) is 4.35. The van der Waals surface area contributed by atoms with E-state index in [9.17, 15) is 22.8 Å². The number of hydrogen-bond donors (Lipinski definition) is 1. The number of nitrogens with zero attached hydrogens (tertiary/aromatic N) is 2. The Labute approximate surface area is 150 Å². The highest BCUT2D eigenvalue weighted by Gasteiger charge is 2.34. The van der Waals surface area contributed by atoms with Crippen LogP contribution in [-0.2, 0) is 15.8 Å². The maximum atomic E-state index is 12.6. The van der Waals surface area contributed by atoms with Gasteiger partial charge in [-0.3, -0.25) is 14.5 Å². The Kier molecular flexibility index (Phi) is 6.09. The third kappa shape index (κ3) is 4.86. The highest BCUT2D eigenvalue weighted by atomic mass is 19.4. The van der Waals surface area contributed by atoms with E-state index in [2.05, 4.69) is 10.3 Å². The molecule has 2 N–H and O–H groups in total. The zero-order valence-electron chi connectivity index (χ0n) is 15.1. The highest BCUT2D eigenvalue weighted by Crippen LogP contribution is 2.28. The Morgan fingerprint density at radius 2 is 1.77 bits per heavy atom. The van der Waals surface area contributed by atoms with Crippen LogP contribution in [-0.4, -0.2) is 48.9 Å². The number of nitrogens with one attached hydrogen (secondary N) is 2. The largest absolute Gasteiger partial charge is 0.419 e. The van der Waals surface area contributed by atoms with Crippen LogP contribution in [0.5, 0.6) is 0 Å². The first kappa shape index (κ1) is 20.0. The van der Waals surface area contributed by atoms with Crippen molar-refractivity contribution in [2.45, 2.75) is 33.0 Å². The molecule has 1 aromatic heterocycles. The van der Waals surface area contributed by atoms with E-state index < -0.39 is 17.8 Å². The van der Waals surface area contributed by atoms with Gasteiger partial charge in [0.25, 0.3) is 5.82 Å². The summed E-state index contributed by atoms with van der Waals surface area (Å²) in [5, 5.41) is 2.68. The molecule has 2 rings (SSSR count). The molecular weight excluding hydrogens is 349 g/mol. The second-order valence-corrected chi connectivity index (χ2v) is 6.69. The lowest BCUT2D eigenvalue weighted by molar-refractivity contribution is -0.367. The SMILES string of the molecule is CC(=O)N[C@H](C(=O)N1CCN(c2ccc(C(F)(F)F)c[nH+]2)CC1)C(C)C. The number of halogens is 3. The van der Waals surface area contributed by atoms with E-state index in [1.54, 1.807) is 4.90 Å². The van der Waals surface area contributed by atoms with Crippen LogP contribution in [0, 0.1) is 5.92 Å². The molecule has 0 bridgehead atoms. The number of rotatable bonds is 4. The topological polar surface area (TPSA) is 66.8 Å². The van der Waals surface area contributed by atoms with Crippen molar-refractivity contribution >= 4 is 17.6 Å². The van der Waals surface area contributed by atoms with Crippen LogP contribution in [0.2, 0.25) is 0 Å². The number of piperazine rings is 1. The first-order valence-electron chi connectivity index (χ1n) is 8.49. The molecule has 0 spiro atoms. The summed E-state index contributed by atoms with van der Waals surface area (Å²) in [6, 6.07) is 1.86. The number of carbonyl (C=O) groups excluding carboxylic acids is 2. The molecule has 144 valence electrons. The molecular formula is C17H24F3N4O2+. The van der Waals surface area contributed by atoms with E-state index in [1.807, 2.05) is 18.7 Å². The predicted molar refractivity (Wildman–Crippen MR) is 89.2 cm³/mol. The summed E-state index contributed by atoms with van der Waals surface area (Å²) in [6.07, 6.45) is -3.44. The predicted octanol–water partition coefficient (Wildman–Crippen LogP) is 1.33. The Morgan fingerprint density at radius 3 is 2.19 bits per heavy atom. The van der Waals surface area contributed by atoms with E-state index in [0.717, 1.165) is 12.3 Å². The van der Waals surface area contributed by atoms with Gasteiger partial charge < -0.3 is 10.2 Å². The summed E-state index contributed by atoms with van der Waals surface area (Å²) in [6.45, 7) is 6.99. The first-order chi connectivity index (χ1) is 12.1. The normalized spacial score (nSPS) is 16.6. The van der Waals surface area contributed by atoms with Crippen LogP contribution in [0.4, 0.5) is 19.0 Å². The molecule has 1 aliphatic heterocycles. The molecule has 1 saturated heterocycles. The van der Waals surface area contributed by atoms with Gasteiger partial charge in [-0.15, -0.1) is 0 Å². The molecule has 6 nitrogen and oxygen atoms in total. The van der Waals surface area contributed by atoms with Crippen molar-refractivity contribution in [3.05, 3.63) is 23.9 Å². The van der Waals surface area contributed by atoms with E-state index in [1.165, 1.54) is 13.0 Å². The standard InChI is InChI=1S/C17H23F3N4O2/c1-11(2)15(22-12(3)25)16(26)24-8-6-23(7-9-24)14-5-4-13(10-21-14)17(18,19)20/h4-5,10-11,15H,6-9H2,1-3H3,(H,22,25)/p+1/t15-/m0/s1. The van der Waals surface area contributed by atoms with Crippen LogP contribution in [0.15, 0.2) is 18.3 Å². The summed E-state index contributed by atoms with van der Waals surface area (Å²) in [5.74, 6) is 0.154. The van der Waals surface area contributed by atoms with Gasteiger partial charge in [0, 0.05) is 13.0 Å². The molecule has 26 heavy (non-hydrogen) atoms. The van der Waals surface area contributed by atoms with Crippen molar-refractivity contribution in [2.75, 3.05) is 31.1 Å². The highest BCUT2D eigenvalue weighted by molar-refractivity contribution is 5.87. The molecule has 2 amide bonds. The molecule has 0 aromatic carbocycles. The lowest BCUT2D eigenvalue weighted by atomic mass is 10.0. The van der Waals surface area contributed by atoms with E-state index in [0.29, 0.717) is 32.0 Å². The number of aromatic amines is 1. The minimum Gasteiger partial charge on any atom is -0.344 e. The molecule has 1 fully saturated rings. The zero-order valence-corrected chi connectivity index (χ0v) is 15.1. The van der Waals surface area contributed by atoms with Gasteiger partial charge in [-0.05, 0) is 12.0 Å². The Morgan fingerprint density at radius 1 is 1.15 bits per heavy atom. The van der Waals surface area contributed by atoms with Gasteiger partial charge >= 0.3 is 6.18 Å². The Balaban J connectivity index is 1.98. The van der Waals surface area contributed by atoms with Crippen molar-refractivity contribution in [3.63, 3.8) is 0 Å². The molecule has 9 heteroatoms. The average molecular weight is 373 g/mol. The molecule has 1 aliphatic rings. The molecule has 0 radical (unpaired) electrons. The molecule has 1 aromatic rings. The van der Waals surface area contributed by atoms with Crippen molar-refractivity contribution in [2.24, 2.45) is 5.92 Å². The number of hydrogen-bond acceptors (Lipinski definition) is 3. The van der Waals surface area contributed by atoms with Gasteiger partial charge in [0.15, 0.2) is 0 Å². The van der Waals surface area contributed by atoms with Gasteiger partial charge in [-0.2, -0.15) is 13.2 Å². The van der Waals surface area contributed by atoms with E-state index in [-0.39, 0.29) is 17.7 Å². The average Bonchev–Trinajstić information content (AvgIpc) is 2.58. The summed E-state index contributed by atoms with van der Waals surface area (Å²) < 4.78 is 37.9. The minimum atomic E-state index is -4.38. The number of anilines is 1. The molecule has 0 saturated carbocycles. The van der Waals surface area contributed by atoms with Crippen LogP contribution < -0.4 is 15.2 Å². The fraction of sp³-hybridized carbons (Fsp3) is 0.588. The number of aromatic nitrogens is 1. The fourth-order valence-corrected chi connectivity index (χ4v) is 2.89. The first-order valence-corrected chi connectivity index (χ1v) is 8.49. The Hall–Kier alpha value is -2.32. The van der Waals surface area contributed by atoms with Gasteiger partial charge in [0.05, 0.1) is 18.7 Å². The maximum absolute atomic E-state index is 12.6. The summed E-state index contributed by atoms with van der Waals surface area (Å²) in [5.41, 5.74) is -0.731. The van der Waals surface area contributed by atoms with E-state index in [4.69, 9.17) is 0 Å². The van der Waals surface area contributed by atoms with Crippen LogP contribution in [0.1, 0.15) is 26.3 Å². The van der Waals surface area contributed by atoms with Crippen LogP contribution in [0.25, 0.3) is 0 Å². The Bertz CT molecular complexity index is 638. The summed E-state index contributed by atoms with van der Waals surface area (Å²) in [4.78, 5) is 30.2. The zero-order chi connectivity index (χ0) is 19.5. The summed E-state index contributed by atoms with van der Waals surface area (Å²) in [7, 11) is 0. The lowest BCUT2D eigenvalue weighted by Gasteiger charge is -2.34. The van der Waals surface area contributed by atoms with E-state index >= 15 is 0 Å². The number of H-pyrrole nitrogens is 1. The number of carbonyl (C=O) groups is 2. The van der Waals surface area contributed by atoms with Crippen molar-refractivity contribution in [3.8, 4) is 0 Å².